The van der Waals surface area contributed by atoms with Crippen LogP contribution in [-0.2, 0) is 24.0 Å². The largest absolute Gasteiger partial charge is 0.381 e. The second-order valence-electron chi connectivity index (χ2n) is 9.47. The molecule has 3 aliphatic rings. The van der Waals surface area contributed by atoms with Crippen molar-refractivity contribution in [1.82, 2.24) is 0 Å². The van der Waals surface area contributed by atoms with Crippen molar-refractivity contribution in [2.45, 2.75) is 90.1 Å². The molecule has 4 rings (SSSR count). The maximum Gasteiger partial charge on any atom is 0.0574 e. The van der Waals surface area contributed by atoms with Gasteiger partial charge in [0, 0.05) is 7.11 Å². The third kappa shape index (κ3) is 4.03. The van der Waals surface area contributed by atoms with Crippen molar-refractivity contribution in [2.24, 2.45) is 23.7 Å². The van der Waals surface area contributed by atoms with E-state index in [1.165, 1.54) is 77.0 Å². The van der Waals surface area contributed by atoms with Gasteiger partial charge >= 0.3 is 0 Å². The molecule has 1 heteroatoms. The monoisotopic (exact) mass is 354 g/mol. The number of rotatable bonds is 5. The van der Waals surface area contributed by atoms with E-state index in [2.05, 4.69) is 25.1 Å². The summed E-state index contributed by atoms with van der Waals surface area (Å²) < 4.78 is 5.66. The Hall–Kier alpha value is -0.820. The van der Waals surface area contributed by atoms with E-state index in [4.69, 9.17) is 4.74 Å². The van der Waals surface area contributed by atoms with Crippen LogP contribution in [-0.4, -0.2) is 13.2 Å². The smallest absolute Gasteiger partial charge is 0.0574 e. The molecule has 2 fully saturated rings. The number of hydrogen-bond donors (Lipinski definition) is 0. The van der Waals surface area contributed by atoms with Crippen molar-refractivity contribution in [2.75, 3.05) is 7.11 Å². The summed E-state index contributed by atoms with van der Waals surface area (Å²) in [6, 6.07) is 7.42. The van der Waals surface area contributed by atoms with E-state index >= 15 is 0 Å². The van der Waals surface area contributed by atoms with Crippen LogP contribution in [0.5, 0.6) is 0 Å². The molecule has 1 aromatic rings. The Balaban J connectivity index is 1.36. The molecule has 0 amide bonds. The fourth-order valence-electron chi connectivity index (χ4n) is 6.30. The van der Waals surface area contributed by atoms with E-state index in [0.717, 1.165) is 23.7 Å². The third-order valence-electron chi connectivity index (χ3n) is 7.96. The topological polar surface area (TPSA) is 9.23 Å². The molecular formula is C25H38O. The number of ether oxygens (including phenoxy) is 1. The van der Waals surface area contributed by atoms with Gasteiger partial charge in [-0.2, -0.15) is 0 Å². The zero-order valence-electron chi connectivity index (χ0n) is 17.0. The Morgan fingerprint density at radius 2 is 1.65 bits per heavy atom. The SMILES string of the molecule is CCCCc1ccc2c(c1)CCC(C1CCC3CC(OC)CCC3C1)C2. The van der Waals surface area contributed by atoms with Crippen LogP contribution >= 0.6 is 0 Å². The molecule has 0 aliphatic heterocycles. The van der Waals surface area contributed by atoms with Crippen molar-refractivity contribution in [1.29, 1.82) is 0 Å². The predicted molar refractivity (Wildman–Crippen MR) is 110 cm³/mol. The molecule has 0 aromatic heterocycles. The van der Waals surface area contributed by atoms with Gasteiger partial charge in [-0.3, -0.25) is 0 Å². The van der Waals surface area contributed by atoms with Gasteiger partial charge < -0.3 is 4.74 Å². The zero-order valence-corrected chi connectivity index (χ0v) is 17.0. The van der Waals surface area contributed by atoms with Gasteiger partial charge in [0.05, 0.1) is 6.10 Å². The van der Waals surface area contributed by atoms with Crippen molar-refractivity contribution in [3.05, 3.63) is 34.9 Å². The van der Waals surface area contributed by atoms with Gasteiger partial charge in [-0.1, -0.05) is 31.5 Å². The van der Waals surface area contributed by atoms with Crippen LogP contribution in [0, 0.1) is 23.7 Å². The second kappa shape index (κ2) is 8.46. The van der Waals surface area contributed by atoms with Crippen LogP contribution in [0.3, 0.4) is 0 Å². The van der Waals surface area contributed by atoms with E-state index in [1.807, 2.05) is 7.11 Å². The first-order valence-corrected chi connectivity index (χ1v) is 11.4. The predicted octanol–water partition coefficient (Wildman–Crippen LogP) is 6.37. The lowest BCUT2D eigenvalue weighted by Gasteiger charge is -2.44. The number of hydrogen-bond acceptors (Lipinski definition) is 1. The molecule has 1 aromatic carbocycles. The molecule has 0 spiro atoms. The average Bonchev–Trinajstić information content (AvgIpc) is 2.70. The average molecular weight is 355 g/mol. The molecule has 0 saturated heterocycles. The lowest BCUT2D eigenvalue weighted by Crippen LogP contribution is -2.36. The first-order chi connectivity index (χ1) is 12.8. The minimum Gasteiger partial charge on any atom is -0.381 e. The van der Waals surface area contributed by atoms with Crippen molar-refractivity contribution >= 4 is 0 Å². The van der Waals surface area contributed by atoms with E-state index in [0.29, 0.717) is 6.10 Å². The van der Waals surface area contributed by atoms with E-state index in [9.17, 15) is 0 Å². The van der Waals surface area contributed by atoms with Gasteiger partial charge in [0.2, 0.25) is 0 Å². The standard InChI is InChI=1S/C25H38O/c1-3-4-5-18-6-7-20-15-21(9-8-19(20)14-18)22-10-11-24-17-25(26-2)13-12-23(24)16-22/h6-7,14,21-25H,3-5,8-13,15-17H2,1-2H3. The van der Waals surface area contributed by atoms with Gasteiger partial charge in [0.25, 0.3) is 0 Å². The fraction of sp³-hybridized carbons (Fsp3) is 0.760. The van der Waals surface area contributed by atoms with Gasteiger partial charge in [-0.15, -0.1) is 0 Å². The minimum absolute atomic E-state index is 0.552. The van der Waals surface area contributed by atoms with Gasteiger partial charge in [-0.25, -0.2) is 0 Å². The fourth-order valence-corrected chi connectivity index (χ4v) is 6.30. The minimum atomic E-state index is 0.552. The van der Waals surface area contributed by atoms with Crippen LogP contribution in [0.25, 0.3) is 0 Å². The van der Waals surface area contributed by atoms with Crippen LogP contribution in [0.2, 0.25) is 0 Å². The number of unbranched alkanes of at least 4 members (excludes halogenated alkanes) is 1. The van der Waals surface area contributed by atoms with Gasteiger partial charge in [0.1, 0.15) is 0 Å². The number of methoxy groups -OCH3 is 1. The lowest BCUT2D eigenvalue weighted by molar-refractivity contribution is -0.000899. The Morgan fingerprint density at radius 3 is 2.46 bits per heavy atom. The molecule has 0 heterocycles. The highest BCUT2D eigenvalue weighted by atomic mass is 16.5. The molecule has 0 N–H and O–H groups in total. The van der Waals surface area contributed by atoms with Crippen molar-refractivity contribution in [3.63, 3.8) is 0 Å². The molecule has 0 bridgehead atoms. The molecule has 1 nitrogen and oxygen atoms in total. The molecule has 26 heavy (non-hydrogen) atoms. The van der Waals surface area contributed by atoms with Gasteiger partial charge in [-0.05, 0) is 111 Å². The molecule has 5 unspecified atom stereocenters. The van der Waals surface area contributed by atoms with Crippen LogP contribution in [0.15, 0.2) is 18.2 Å². The quantitative estimate of drug-likeness (QED) is 0.597. The molecule has 2 saturated carbocycles. The first-order valence-electron chi connectivity index (χ1n) is 11.4. The third-order valence-corrected chi connectivity index (χ3v) is 7.96. The molecule has 5 atom stereocenters. The molecule has 0 radical (unpaired) electrons. The maximum absolute atomic E-state index is 5.66. The molecule has 144 valence electrons. The summed E-state index contributed by atoms with van der Waals surface area (Å²) in [5.74, 6) is 3.90. The highest BCUT2D eigenvalue weighted by Crippen LogP contribution is 2.47. The molecular weight excluding hydrogens is 316 g/mol. The summed E-state index contributed by atoms with van der Waals surface area (Å²) >= 11 is 0. The summed E-state index contributed by atoms with van der Waals surface area (Å²) in [4.78, 5) is 0. The van der Waals surface area contributed by atoms with E-state index in [1.54, 1.807) is 16.7 Å². The maximum atomic E-state index is 5.66. The first kappa shape index (κ1) is 18.5. The summed E-state index contributed by atoms with van der Waals surface area (Å²) in [7, 11) is 1.91. The second-order valence-corrected chi connectivity index (χ2v) is 9.47. The number of benzene rings is 1. The summed E-state index contributed by atoms with van der Waals surface area (Å²) in [6.07, 6.45) is 17.1. The Labute approximate surface area is 160 Å². The highest BCUT2D eigenvalue weighted by molar-refractivity contribution is 5.34. The summed E-state index contributed by atoms with van der Waals surface area (Å²) in [5, 5.41) is 0. The lowest BCUT2D eigenvalue weighted by atomic mass is 9.62. The van der Waals surface area contributed by atoms with Crippen molar-refractivity contribution in [3.8, 4) is 0 Å². The highest BCUT2D eigenvalue weighted by Gasteiger charge is 2.38. The van der Waals surface area contributed by atoms with Crippen LogP contribution in [0.4, 0.5) is 0 Å². The Morgan fingerprint density at radius 1 is 0.885 bits per heavy atom. The van der Waals surface area contributed by atoms with Crippen molar-refractivity contribution < 1.29 is 4.74 Å². The van der Waals surface area contributed by atoms with E-state index < -0.39 is 0 Å². The van der Waals surface area contributed by atoms with Crippen LogP contribution < -0.4 is 0 Å². The normalized spacial score (nSPS) is 34.2. The summed E-state index contributed by atoms with van der Waals surface area (Å²) in [6.45, 7) is 2.29. The van der Waals surface area contributed by atoms with E-state index in [-0.39, 0.29) is 0 Å². The van der Waals surface area contributed by atoms with Crippen LogP contribution in [0.1, 0.15) is 81.4 Å². The van der Waals surface area contributed by atoms with Gasteiger partial charge in [0.15, 0.2) is 0 Å². The molecule has 3 aliphatic carbocycles. The Kier molecular flexibility index (Phi) is 6.03. The number of aryl methyl sites for hydroxylation is 2. The zero-order chi connectivity index (χ0) is 17.9. The Bertz CT molecular complexity index is 592. The number of fused-ring (bicyclic) bond motifs is 2. The summed E-state index contributed by atoms with van der Waals surface area (Å²) in [5.41, 5.74) is 4.91.